The van der Waals surface area contributed by atoms with E-state index < -0.39 is 12.1 Å². The third-order valence-electron chi connectivity index (χ3n) is 3.36. The van der Waals surface area contributed by atoms with Gasteiger partial charge in [0.25, 0.3) is 5.91 Å². The molecule has 1 aromatic carbocycles. The van der Waals surface area contributed by atoms with Crippen molar-refractivity contribution >= 4 is 17.6 Å². The highest BCUT2D eigenvalue weighted by atomic mass is 16.5. The first-order chi connectivity index (χ1) is 10.0. The number of carbonyl (C=O) groups excluding carboxylic acids is 1. The Kier molecular flexibility index (Phi) is 4.77. The predicted octanol–water partition coefficient (Wildman–Crippen LogP) is 0.838. The lowest BCUT2D eigenvalue weighted by atomic mass is 10.1. The van der Waals surface area contributed by atoms with E-state index in [9.17, 15) is 9.59 Å². The summed E-state index contributed by atoms with van der Waals surface area (Å²) in [5.41, 5.74) is 6.00. The van der Waals surface area contributed by atoms with Gasteiger partial charge in [-0.15, -0.1) is 0 Å². The molecule has 1 amide bonds. The summed E-state index contributed by atoms with van der Waals surface area (Å²) in [6.07, 6.45) is 0.779. The molecule has 1 aromatic rings. The van der Waals surface area contributed by atoms with Gasteiger partial charge in [0.05, 0.1) is 13.2 Å². The minimum Gasteiger partial charge on any atom is -0.496 e. The number of carboxylic acid groups (broad SMARTS) is 1. The molecule has 2 atom stereocenters. The Bertz CT molecular complexity index is 546. The second-order valence-corrected chi connectivity index (χ2v) is 4.77. The molecule has 0 saturated carbocycles. The van der Waals surface area contributed by atoms with E-state index in [1.54, 1.807) is 0 Å². The summed E-state index contributed by atoms with van der Waals surface area (Å²) in [7, 11) is 1.37. The van der Waals surface area contributed by atoms with Crippen LogP contribution < -0.4 is 15.8 Å². The molecule has 1 aliphatic heterocycles. The third kappa shape index (κ3) is 3.50. The number of hydrogen-bond acceptors (Lipinski definition) is 5. The van der Waals surface area contributed by atoms with Crippen molar-refractivity contribution in [1.82, 2.24) is 0 Å². The first kappa shape index (κ1) is 15.3. The fraction of sp³-hybridized carbons (Fsp3) is 0.429. The van der Waals surface area contributed by atoms with Crippen LogP contribution in [0.1, 0.15) is 23.2 Å². The summed E-state index contributed by atoms with van der Waals surface area (Å²) in [5, 5.41) is 11.7. The zero-order chi connectivity index (χ0) is 15.4. The van der Waals surface area contributed by atoms with Gasteiger partial charge in [-0.1, -0.05) is 0 Å². The van der Waals surface area contributed by atoms with E-state index in [-0.39, 0.29) is 23.3 Å². The number of ether oxygens (including phenoxy) is 2. The highest BCUT2D eigenvalue weighted by molar-refractivity contribution is 5.96. The first-order valence-electron chi connectivity index (χ1n) is 6.63. The van der Waals surface area contributed by atoms with Crippen molar-refractivity contribution in [3.05, 3.63) is 23.8 Å². The van der Waals surface area contributed by atoms with Crippen LogP contribution in [-0.4, -0.2) is 42.8 Å². The zero-order valence-electron chi connectivity index (χ0n) is 11.7. The third-order valence-corrected chi connectivity index (χ3v) is 3.36. The zero-order valence-corrected chi connectivity index (χ0v) is 11.7. The van der Waals surface area contributed by atoms with Crippen LogP contribution in [0.3, 0.4) is 0 Å². The molecular formula is C14H18N2O5. The van der Waals surface area contributed by atoms with Gasteiger partial charge in [-0.3, -0.25) is 4.79 Å². The second kappa shape index (κ2) is 6.55. The highest BCUT2D eigenvalue weighted by Crippen LogP contribution is 2.25. The number of nitrogens with one attached hydrogen (secondary N) is 1. The smallest absolute Gasteiger partial charge is 0.339 e. The van der Waals surface area contributed by atoms with Crippen molar-refractivity contribution in [2.45, 2.75) is 25.0 Å². The van der Waals surface area contributed by atoms with Gasteiger partial charge in [-0.05, 0) is 25.0 Å². The Morgan fingerprint density at radius 1 is 1.48 bits per heavy atom. The monoisotopic (exact) mass is 294 g/mol. The van der Waals surface area contributed by atoms with Crippen molar-refractivity contribution < 1.29 is 24.2 Å². The van der Waals surface area contributed by atoms with Crippen molar-refractivity contribution in [3.8, 4) is 5.75 Å². The maximum absolute atomic E-state index is 12.1. The van der Waals surface area contributed by atoms with Gasteiger partial charge in [0.1, 0.15) is 17.4 Å². The molecule has 1 saturated heterocycles. The van der Waals surface area contributed by atoms with E-state index in [0.29, 0.717) is 18.7 Å². The lowest BCUT2D eigenvalue weighted by Crippen LogP contribution is -2.29. The van der Waals surface area contributed by atoms with E-state index >= 15 is 0 Å². The van der Waals surface area contributed by atoms with Crippen LogP contribution in [0.15, 0.2) is 18.2 Å². The normalized spacial score (nSPS) is 21.0. The summed E-state index contributed by atoms with van der Waals surface area (Å²) in [5.74, 6) is -1.17. The lowest BCUT2D eigenvalue weighted by Gasteiger charge is -2.13. The molecule has 0 bridgehead atoms. The molecule has 2 rings (SSSR count). The number of carbonyl (C=O) groups is 2. The molecule has 1 fully saturated rings. The summed E-state index contributed by atoms with van der Waals surface area (Å²) < 4.78 is 10.5. The average molecular weight is 294 g/mol. The molecule has 0 spiro atoms. The van der Waals surface area contributed by atoms with Crippen molar-refractivity contribution in [2.75, 3.05) is 19.0 Å². The largest absolute Gasteiger partial charge is 0.496 e. The van der Waals surface area contributed by atoms with Crippen LogP contribution in [0.5, 0.6) is 5.75 Å². The van der Waals surface area contributed by atoms with Gasteiger partial charge < -0.3 is 25.6 Å². The van der Waals surface area contributed by atoms with Gasteiger partial charge in [-0.25, -0.2) is 4.79 Å². The van der Waals surface area contributed by atoms with Gasteiger partial charge in [-0.2, -0.15) is 0 Å². The summed E-state index contributed by atoms with van der Waals surface area (Å²) >= 11 is 0. The quantitative estimate of drug-likeness (QED) is 0.742. The molecule has 0 aromatic heterocycles. The number of nitrogens with two attached hydrogens (primary N) is 1. The lowest BCUT2D eigenvalue weighted by molar-refractivity contribution is -0.126. The fourth-order valence-corrected chi connectivity index (χ4v) is 2.24. The first-order valence-corrected chi connectivity index (χ1v) is 6.63. The molecule has 2 unspecified atom stereocenters. The molecule has 1 heterocycles. The number of carboxylic acids is 1. The summed E-state index contributed by atoms with van der Waals surface area (Å²) in [6.45, 7) is 0.394. The Morgan fingerprint density at radius 3 is 2.81 bits per heavy atom. The highest BCUT2D eigenvalue weighted by Gasteiger charge is 2.30. The molecule has 4 N–H and O–H groups in total. The average Bonchev–Trinajstić information content (AvgIpc) is 2.95. The SMILES string of the molecule is COc1cc(NC(=O)C2CCC(CN)O2)ccc1C(=O)O. The van der Waals surface area contributed by atoms with Crippen LogP contribution in [-0.2, 0) is 9.53 Å². The predicted molar refractivity (Wildman–Crippen MR) is 75.5 cm³/mol. The van der Waals surface area contributed by atoms with Crippen molar-refractivity contribution in [1.29, 1.82) is 0 Å². The Labute approximate surface area is 122 Å². The van der Waals surface area contributed by atoms with Crippen LogP contribution in [0, 0.1) is 0 Å². The maximum atomic E-state index is 12.1. The fourth-order valence-electron chi connectivity index (χ4n) is 2.24. The molecule has 0 aliphatic carbocycles. The number of rotatable bonds is 5. The van der Waals surface area contributed by atoms with Gasteiger partial charge in [0, 0.05) is 18.3 Å². The van der Waals surface area contributed by atoms with Crippen LogP contribution in [0.4, 0.5) is 5.69 Å². The van der Waals surface area contributed by atoms with Gasteiger partial charge >= 0.3 is 5.97 Å². The molecule has 1 aliphatic rings. The summed E-state index contributed by atoms with van der Waals surface area (Å²) in [6, 6.07) is 4.37. The van der Waals surface area contributed by atoms with Crippen LogP contribution in [0.2, 0.25) is 0 Å². The molecule has 114 valence electrons. The minimum absolute atomic E-state index is 0.0378. The summed E-state index contributed by atoms with van der Waals surface area (Å²) in [4.78, 5) is 23.1. The number of aromatic carboxylic acids is 1. The Balaban J connectivity index is 2.06. The molecular weight excluding hydrogens is 276 g/mol. The molecule has 7 heteroatoms. The van der Waals surface area contributed by atoms with Gasteiger partial charge in [0.15, 0.2) is 0 Å². The number of hydrogen-bond donors (Lipinski definition) is 3. The number of amides is 1. The van der Waals surface area contributed by atoms with E-state index in [2.05, 4.69) is 5.32 Å². The minimum atomic E-state index is -1.09. The van der Waals surface area contributed by atoms with E-state index in [1.165, 1.54) is 25.3 Å². The Morgan fingerprint density at radius 2 is 2.24 bits per heavy atom. The molecule has 0 radical (unpaired) electrons. The van der Waals surface area contributed by atoms with E-state index in [1.807, 2.05) is 0 Å². The van der Waals surface area contributed by atoms with Gasteiger partial charge in [0.2, 0.25) is 0 Å². The van der Waals surface area contributed by atoms with Crippen LogP contribution in [0.25, 0.3) is 0 Å². The standard InChI is InChI=1S/C14H18N2O5/c1-20-12-6-8(2-4-10(12)14(18)19)16-13(17)11-5-3-9(7-15)21-11/h2,4,6,9,11H,3,5,7,15H2,1H3,(H,16,17)(H,18,19). The number of benzene rings is 1. The van der Waals surface area contributed by atoms with Crippen LogP contribution >= 0.6 is 0 Å². The molecule has 7 nitrogen and oxygen atoms in total. The number of anilines is 1. The van der Waals surface area contributed by atoms with E-state index in [0.717, 1.165) is 6.42 Å². The van der Waals surface area contributed by atoms with Crippen molar-refractivity contribution in [2.24, 2.45) is 5.73 Å². The second-order valence-electron chi connectivity index (χ2n) is 4.77. The Hall–Kier alpha value is -2.12. The molecule has 21 heavy (non-hydrogen) atoms. The van der Waals surface area contributed by atoms with E-state index in [4.69, 9.17) is 20.3 Å². The van der Waals surface area contributed by atoms with Crippen molar-refractivity contribution in [3.63, 3.8) is 0 Å². The maximum Gasteiger partial charge on any atom is 0.339 e. The number of methoxy groups -OCH3 is 1. The topological polar surface area (TPSA) is 111 Å².